The van der Waals surface area contributed by atoms with Gasteiger partial charge in [-0.05, 0) is 37.1 Å². The summed E-state index contributed by atoms with van der Waals surface area (Å²) in [5.74, 6) is 1.46. The van der Waals surface area contributed by atoms with Gasteiger partial charge in [0.15, 0.2) is 5.82 Å². The maximum absolute atomic E-state index is 5.34. The molecule has 3 heterocycles. The fraction of sp³-hybridized carbons (Fsp3) is 0.462. The Kier molecular flexibility index (Phi) is 3.32. The highest BCUT2D eigenvalue weighted by atomic mass is 16.5. The van der Waals surface area contributed by atoms with Crippen molar-refractivity contribution in [1.29, 1.82) is 0 Å². The molecule has 0 saturated carbocycles. The van der Waals surface area contributed by atoms with Gasteiger partial charge in [-0.2, -0.15) is 4.98 Å². The Morgan fingerprint density at radius 3 is 2.94 bits per heavy atom. The Hall–Kier alpha value is -1.75. The third kappa shape index (κ3) is 2.56. The van der Waals surface area contributed by atoms with Crippen molar-refractivity contribution >= 4 is 0 Å². The van der Waals surface area contributed by atoms with E-state index in [4.69, 9.17) is 4.52 Å². The molecule has 0 bridgehead atoms. The molecule has 2 aromatic heterocycles. The highest BCUT2D eigenvalue weighted by Gasteiger charge is 2.20. The van der Waals surface area contributed by atoms with Crippen LogP contribution in [-0.4, -0.2) is 21.7 Å². The molecule has 1 aliphatic rings. The van der Waals surface area contributed by atoms with Crippen LogP contribution in [0.1, 0.15) is 42.6 Å². The summed E-state index contributed by atoms with van der Waals surface area (Å²) in [6.45, 7) is 1.03. The van der Waals surface area contributed by atoms with Crippen molar-refractivity contribution in [3.05, 3.63) is 41.8 Å². The second kappa shape index (κ2) is 5.27. The molecule has 1 atom stereocenters. The van der Waals surface area contributed by atoms with Crippen LogP contribution in [0.5, 0.6) is 0 Å². The molecule has 1 aliphatic heterocycles. The van der Waals surface area contributed by atoms with Crippen LogP contribution in [0.2, 0.25) is 0 Å². The molecule has 0 aliphatic carbocycles. The summed E-state index contributed by atoms with van der Waals surface area (Å²) in [4.78, 5) is 8.46. The number of nitrogens with zero attached hydrogens (tertiary/aromatic N) is 3. The zero-order chi connectivity index (χ0) is 12.2. The maximum atomic E-state index is 5.34. The van der Waals surface area contributed by atoms with Crippen LogP contribution in [0.4, 0.5) is 0 Å². The summed E-state index contributed by atoms with van der Waals surface area (Å²) in [5, 5.41) is 7.45. The number of nitrogens with one attached hydrogen (secondary N) is 1. The van der Waals surface area contributed by atoms with Crippen molar-refractivity contribution in [2.24, 2.45) is 0 Å². The Labute approximate surface area is 106 Å². The minimum Gasteiger partial charge on any atom is -0.338 e. The quantitative estimate of drug-likeness (QED) is 0.893. The van der Waals surface area contributed by atoms with Crippen LogP contribution in [0, 0.1) is 0 Å². The van der Waals surface area contributed by atoms with E-state index in [1.165, 1.54) is 12.8 Å². The van der Waals surface area contributed by atoms with Crippen molar-refractivity contribution in [1.82, 2.24) is 20.4 Å². The summed E-state index contributed by atoms with van der Waals surface area (Å²) in [5.41, 5.74) is 1.15. The van der Waals surface area contributed by atoms with Gasteiger partial charge in [-0.15, -0.1) is 0 Å². The first kappa shape index (κ1) is 11.3. The lowest BCUT2D eigenvalue weighted by molar-refractivity contribution is 0.296. The normalized spacial score (nSPS) is 19.9. The molecule has 5 heteroatoms. The van der Waals surface area contributed by atoms with Gasteiger partial charge >= 0.3 is 0 Å². The Morgan fingerprint density at radius 1 is 1.28 bits per heavy atom. The predicted octanol–water partition coefficient (Wildman–Crippen LogP) is 1.87. The van der Waals surface area contributed by atoms with Gasteiger partial charge in [-0.1, -0.05) is 11.6 Å². The minimum absolute atomic E-state index is 0.234. The molecule has 1 N–H and O–H groups in total. The summed E-state index contributed by atoms with van der Waals surface area (Å²) in [6, 6.07) is 4.17. The van der Waals surface area contributed by atoms with Gasteiger partial charge in [0.1, 0.15) is 0 Å². The van der Waals surface area contributed by atoms with E-state index in [1.54, 1.807) is 12.4 Å². The number of hydrogen-bond donors (Lipinski definition) is 1. The predicted molar refractivity (Wildman–Crippen MR) is 65.9 cm³/mol. The Morgan fingerprint density at radius 2 is 2.17 bits per heavy atom. The van der Waals surface area contributed by atoms with E-state index in [-0.39, 0.29) is 6.04 Å². The average Bonchev–Trinajstić information content (AvgIpc) is 2.89. The molecule has 1 saturated heterocycles. The fourth-order valence-corrected chi connectivity index (χ4v) is 2.23. The van der Waals surface area contributed by atoms with E-state index in [2.05, 4.69) is 20.4 Å². The van der Waals surface area contributed by atoms with Crippen molar-refractivity contribution < 1.29 is 4.52 Å². The first-order chi connectivity index (χ1) is 8.92. The van der Waals surface area contributed by atoms with Gasteiger partial charge in [-0.25, -0.2) is 0 Å². The molecule has 1 fully saturated rings. The molecular weight excluding hydrogens is 228 g/mol. The third-order valence-electron chi connectivity index (χ3n) is 3.20. The van der Waals surface area contributed by atoms with Gasteiger partial charge in [0, 0.05) is 18.8 Å². The first-order valence-electron chi connectivity index (χ1n) is 6.36. The maximum Gasteiger partial charge on any atom is 0.243 e. The lowest BCUT2D eigenvalue weighted by atomic mass is 10.1. The van der Waals surface area contributed by atoms with Gasteiger partial charge in [0.25, 0.3) is 0 Å². The summed E-state index contributed by atoms with van der Waals surface area (Å²) >= 11 is 0. The topological polar surface area (TPSA) is 63.8 Å². The van der Waals surface area contributed by atoms with E-state index in [0.717, 1.165) is 30.2 Å². The van der Waals surface area contributed by atoms with Gasteiger partial charge in [0.2, 0.25) is 5.89 Å². The van der Waals surface area contributed by atoms with Crippen LogP contribution in [0.15, 0.2) is 29.0 Å². The largest absolute Gasteiger partial charge is 0.338 e. The fourth-order valence-electron chi connectivity index (χ4n) is 2.23. The molecule has 0 spiro atoms. The minimum atomic E-state index is 0.234. The average molecular weight is 244 g/mol. The van der Waals surface area contributed by atoms with E-state index < -0.39 is 0 Å². The molecule has 94 valence electrons. The van der Waals surface area contributed by atoms with Crippen LogP contribution in [0.3, 0.4) is 0 Å². The molecule has 0 aromatic carbocycles. The number of piperidine rings is 1. The number of hydrogen-bond acceptors (Lipinski definition) is 5. The van der Waals surface area contributed by atoms with E-state index in [1.807, 2.05) is 12.1 Å². The smallest absolute Gasteiger partial charge is 0.243 e. The zero-order valence-corrected chi connectivity index (χ0v) is 10.2. The molecule has 5 nitrogen and oxygen atoms in total. The van der Waals surface area contributed by atoms with Gasteiger partial charge < -0.3 is 9.84 Å². The lowest BCUT2D eigenvalue weighted by Gasteiger charge is -2.19. The number of rotatable bonds is 3. The second-order valence-corrected chi connectivity index (χ2v) is 4.58. The number of pyridine rings is 1. The van der Waals surface area contributed by atoms with Crippen molar-refractivity contribution in [2.45, 2.75) is 31.7 Å². The Bertz CT molecular complexity index is 491. The molecule has 0 unspecified atom stereocenters. The molecular formula is C13H16N4O. The SMILES string of the molecule is c1cc(Cc2noc([C@@H]3CCCCN3)n2)ccn1. The van der Waals surface area contributed by atoms with Gasteiger partial charge in [0.05, 0.1) is 6.04 Å². The van der Waals surface area contributed by atoms with Crippen molar-refractivity contribution in [2.75, 3.05) is 6.54 Å². The van der Waals surface area contributed by atoms with Crippen LogP contribution in [0.25, 0.3) is 0 Å². The standard InChI is InChI=1S/C13H16N4O/c1-2-6-15-11(3-1)13-16-12(17-18-13)9-10-4-7-14-8-5-10/h4-5,7-8,11,15H,1-3,6,9H2/t11-/m0/s1. The molecule has 2 aromatic rings. The molecule has 18 heavy (non-hydrogen) atoms. The second-order valence-electron chi connectivity index (χ2n) is 4.58. The first-order valence-corrected chi connectivity index (χ1v) is 6.36. The van der Waals surface area contributed by atoms with Gasteiger partial charge in [-0.3, -0.25) is 4.98 Å². The van der Waals surface area contributed by atoms with E-state index in [0.29, 0.717) is 6.42 Å². The third-order valence-corrected chi connectivity index (χ3v) is 3.20. The van der Waals surface area contributed by atoms with Crippen LogP contribution < -0.4 is 5.32 Å². The summed E-state index contributed by atoms with van der Waals surface area (Å²) < 4.78 is 5.34. The summed E-state index contributed by atoms with van der Waals surface area (Å²) in [7, 11) is 0. The lowest BCUT2D eigenvalue weighted by Crippen LogP contribution is -2.27. The highest BCUT2D eigenvalue weighted by molar-refractivity contribution is 5.14. The van der Waals surface area contributed by atoms with Crippen LogP contribution >= 0.6 is 0 Å². The van der Waals surface area contributed by atoms with Crippen LogP contribution in [-0.2, 0) is 6.42 Å². The zero-order valence-electron chi connectivity index (χ0n) is 10.2. The number of aromatic nitrogens is 3. The van der Waals surface area contributed by atoms with Crippen molar-refractivity contribution in [3.8, 4) is 0 Å². The van der Waals surface area contributed by atoms with Crippen molar-refractivity contribution in [3.63, 3.8) is 0 Å². The van der Waals surface area contributed by atoms with E-state index >= 15 is 0 Å². The van der Waals surface area contributed by atoms with E-state index in [9.17, 15) is 0 Å². The summed E-state index contributed by atoms with van der Waals surface area (Å²) in [6.07, 6.45) is 7.78. The molecule has 0 amide bonds. The molecule has 0 radical (unpaired) electrons. The molecule has 3 rings (SSSR count). The highest BCUT2D eigenvalue weighted by Crippen LogP contribution is 2.21. The monoisotopic (exact) mass is 244 g/mol. The Balaban J connectivity index is 1.69.